The van der Waals surface area contributed by atoms with Crippen LogP contribution < -0.4 is 24.8 Å². The molecule has 0 aromatic rings. The van der Waals surface area contributed by atoms with Crippen molar-refractivity contribution < 1.29 is 64.4 Å². The summed E-state index contributed by atoms with van der Waals surface area (Å²) in [6.45, 7) is 18.1. The third-order valence-corrected chi connectivity index (χ3v) is 13.4. The van der Waals surface area contributed by atoms with Crippen molar-refractivity contribution in [2.45, 2.75) is 59.0 Å². The predicted octanol–water partition coefficient (Wildman–Crippen LogP) is -0.486. The monoisotopic (exact) mass is 582 g/mol. The van der Waals surface area contributed by atoms with Gasteiger partial charge >= 0.3 is 188 Å². The van der Waals surface area contributed by atoms with Gasteiger partial charge in [0.25, 0.3) is 0 Å². The Balaban J connectivity index is 0.00000450. The Bertz CT molecular complexity index is 675. The van der Waals surface area contributed by atoms with Crippen LogP contribution in [-0.2, 0) is 39.6 Å². The molecule has 2 rings (SSSR count). The van der Waals surface area contributed by atoms with Crippen molar-refractivity contribution in [1.29, 1.82) is 0 Å². The van der Waals surface area contributed by atoms with Crippen molar-refractivity contribution >= 4 is 20.3 Å². The van der Waals surface area contributed by atoms with E-state index in [0.717, 1.165) is 24.4 Å². The third kappa shape index (κ3) is 11.3. The van der Waals surface area contributed by atoms with Gasteiger partial charge in [-0.2, -0.15) is 0 Å². The van der Waals surface area contributed by atoms with E-state index in [0.29, 0.717) is 26.4 Å². The molecule has 0 saturated carbocycles. The molecular formula is C22H38Cl2O4Si2Zr. The molecule has 9 heteroatoms. The largest absolute Gasteiger partial charge is 1.00 e. The van der Waals surface area contributed by atoms with Gasteiger partial charge in [-0.1, -0.05) is 0 Å². The molecule has 176 valence electrons. The summed E-state index contributed by atoms with van der Waals surface area (Å²) in [4.78, 5) is 0. The fourth-order valence-electron chi connectivity index (χ4n) is 3.26. The van der Waals surface area contributed by atoms with Gasteiger partial charge in [0.1, 0.15) is 0 Å². The molecule has 0 amide bonds. The minimum absolute atomic E-state index is 0. The number of rotatable bonds is 12. The van der Waals surface area contributed by atoms with E-state index in [2.05, 4.69) is 74.2 Å². The summed E-state index contributed by atoms with van der Waals surface area (Å²) in [5.41, 5.74) is 0. The smallest absolute Gasteiger partial charge is 1.00 e. The van der Waals surface area contributed by atoms with Gasteiger partial charge in [-0.05, 0) is 0 Å². The quantitative estimate of drug-likeness (QED) is 0.229. The molecule has 0 bridgehead atoms. The molecule has 2 aliphatic rings. The first-order valence-electron chi connectivity index (χ1n) is 10.6. The first kappa shape index (κ1) is 31.2. The molecule has 31 heavy (non-hydrogen) atoms. The average Bonchev–Trinajstić information content (AvgIpc) is 3.25. The zero-order chi connectivity index (χ0) is 21.5. The Morgan fingerprint density at radius 2 is 1.13 bits per heavy atom. The Kier molecular flexibility index (Phi) is 14.6. The van der Waals surface area contributed by atoms with E-state index < -0.39 is 37.9 Å². The molecule has 0 aromatic heterocycles. The van der Waals surface area contributed by atoms with Gasteiger partial charge in [0.05, 0.1) is 0 Å². The first-order valence-corrected chi connectivity index (χ1v) is 21.3. The summed E-state index contributed by atoms with van der Waals surface area (Å²) in [6.07, 6.45) is 10.8. The van der Waals surface area contributed by atoms with Crippen LogP contribution in [-0.4, -0.2) is 46.8 Å². The molecule has 0 heterocycles. The number of ether oxygens (including phenoxy) is 2. The normalized spacial score (nSPS) is 15.4. The summed E-state index contributed by atoms with van der Waals surface area (Å²) in [6, 6.07) is 0. The third-order valence-electron chi connectivity index (χ3n) is 4.47. The fraction of sp³-hybridized carbons (Fsp3) is 0.591. The molecule has 0 spiro atoms. The van der Waals surface area contributed by atoms with Gasteiger partial charge < -0.3 is 24.8 Å². The van der Waals surface area contributed by atoms with Crippen molar-refractivity contribution in [3.05, 3.63) is 42.4 Å². The Morgan fingerprint density at radius 1 is 0.742 bits per heavy atom. The fourth-order valence-corrected chi connectivity index (χ4v) is 11.0. The van der Waals surface area contributed by atoms with E-state index in [1.165, 1.54) is 6.56 Å². The van der Waals surface area contributed by atoms with Crippen LogP contribution in [0.15, 0.2) is 42.4 Å². The molecule has 2 aliphatic carbocycles. The second-order valence-corrected chi connectivity index (χ2v) is 24.7. The van der Waals surface area contributed by atoms with Crippen molar-refractivity contribution in [3.8, 4) is 0 Å². The minimum atomic E-state index is -2.09. The van der Waals surface area contributed by atoms with Gasteiger partial charge in [-0.15, -0.1) is 0 Å². The SMILES string of the molecule is C[CH]=[Zr+2]([C]1=C(OCCO[Si](C)(C)C)C=CC1)[C]1=C(OCCO[Si](C)(C)C)C=CC1.[Cl-].[Cl-]. The van der Waals surface area contributed by atoms with Crippen LogP contribution in [0.1, 0.15) is 19.8 Å². The molecule has 0 atom stereocenters. The summed E-state index contributed by atoms with van der Waals surface area (Å²) < 4.78 is 29.6. The van der Waals surface area contributed by atoms with Gasteiger partial charge in [0.2, 0.25) is 0 Å². The van der Waals surface area contributed by atoms with Gasteiger partial charge in [0, 0.05) is 0 Å². The van der Waals surface area contributed by atoms with Gasteiger partial charge in [-0.3, -0.25) is 0 Å². The van der Waals surface area contributed by atoms with Gasteiger partial charge in [-0.25, -0.2) is 0 Å². The van der Waals surface area contributed by atoms with Crippen molar-refractivity contribution in [1.82, 2.24) is 0 Å². The van der Waals surface area contributed by atoms with E-state index in [1.807, 2.05) is 0 Å². The van der Waals surface area contributed by atoms with Crippen LogP contribution in [0, 0.1) is 0 Å². The van der Waals surface area contributed by atoms with Gasteiger partial charge in [0.15, 0.2) is 0 Å². The molecule has 0 fully saturated rings. The van der Waals surface area contributed by atoms with E-state index in [-0.39, 0.29) is 24.8 Å². The van der Waals surface area contributed by atoms with Crippen LogP contribution in [0.3, 0.4) is 0 Å². The molecular weight excluding hydrogens is 547 g/mol. The second-order valence-electron chi connectivity index (χ2n) is 9.22. The maximum absolute atomic E-state index is 6.14. The summed E-state index contributed by atoms with van der Waals surface area (Å²) in [5.74, 6) is 2.16. The van der Waals surface area contributed by atoms with E-state index in [4.69, 9.17) is 18.3 Å². The second kappa shape index (κ2) is 14.5. The molecule has 0 N–H and O–H groups in total. The van der Waals surface area contributed by atoms with Crippen molar-refractivity contribution in [3.63, 3.8) is 0 Å². The van der Waals surface area contributed by atoms with E-state index in [9.17, 15) is 0 Å². The predicted molar refractivity (Wildman–Crippen MR) is 124 cm³/mol. The van der Waals surface area contributed by atoms with Crippen molar-refractivity contribution in [2.75, 3.05) is 26.4 Å². The number of hydrogen-bond acceptors (Lipinski definition) is 4. The zero-order valence-corrected chi connectivity index (χ0v) is 26.0. The average molecular weight is 585 g/mol. The summed E-state index contributed by atoms with van der Waals surface area (Å²) in [7, 11) is -2.97. The summed E-state index contributed by atoms with van der Waals surface area (Å²) >= 11 is -2.09. The molecule has 0 saturated heterocycles. The van der Waals surface area contributed by atoms with Crippen LogP contribution in [0.25, 0.3) is 0 Å². The Hall–Kier alpha value is 0.247. The van der Waals surface area contributed by atoms with E-state index in [1.54, 1.807) is 0 Å². The molecule has 0 radical (unpaired) electrons. The standard InChI is InChI=1S/2C10H17O2Si.C2H4.2ClH.Zr/c2*1-13(2,3)12-9-8-11-10-6-4-5-7-10;1-2;;;/h2*4,6H,5,8-9H2,1-3H3;1H,2H3;2*1H;/q;;;;;+2/p-2. The van der Waals surface area contributed by atoms with Crippen molar-refractivity contribution in [2.24, 2.45) is 0 Å². The molecule has 0 unspecified atom stereocenters. The van der Waals surface area contributed by atoms with Crippen LogP contribution in [0.5, 0.6) is 0 Å². The zero-order valence-electron chi connectivity index (χ0n) is 20.0. The maximum atomic E-state index is 6.14. The number of halogens is 2. The molecule has 0 aliphatic heterocycles. The Labute approximate surface area is 211 Å². The van der Waals surface area contributed by atoms with Crippen LogP contribution in [0.2, 0.25) is 39.3 Å². The number of allylic oxidation sites excluding steroid dienone is 6. The Morgan fingerprint density at radius 3 is 1.45 bits per heavy atom. The molecule has 4 nitrogen and oxygen atoms in total. The first-order chi connectivity index (χ1) is 13.6. The summed E-state index contributed by atoms with van der Waals surface area (Å²) in [5, 5.41) is 0. The maximum Gasteiger partial charge on any atom is -1.00 e. The van der Waals surface area contributed by atoms with E-state index >= 15 is 0 Å². The van der Waals surface area contributed by atoms with Crippen LogP contribution in [0.4, 0.5) is 0 Å². The van der Waals surface area contributed by atoms with Crippen LogP contribution >= 0.6 is 0 Å². The number of hydrogen-bond donors (Lipinski definition) is 0. The minimum Gasteiger partial charge on any atom is -1.00 e. The topological polar surface area (TPSA) is 36.9 Å². The molecule has 0 aromatic carbocycles.